The highest BCUT2D eigenvalue weighted by Gasteiger charge is 2.48. The van der Waals surface area contributed by atoms with Gasteiger partial charge in [-0.1, -0.05) is 6.07 Å². The molecule has 5 heteroatoms. The summed E-state index contributed by atoms with van der Waals surface area (Å²) >= 11 is 0. The maximum absolute atomic E-state index is 10.3. The highest BCUT2D eigenvalue weighted by molar-refractivity contribution is 5.45. The first-order valence-corrected chi connectivity index (χ1v) is 8.35. The lowest BCUT2D eigenvalue weighted by atomic mass is 9.81. The average Bonchev–Trinajstić information content (AvgIpc) is 3.28. The van der Waals surface area contributed by atoms with Gasteiger partial charge in [0.25, 0.3) is 0 Å². The van der Waals surface area contributed by atoms with Crippen molar-refractivity contribution in [2.45, 2.75) is 37.4 Å². The summed E-state index contributed by atoms with van der Waals surface area (Å²) in [4.78, 5) is 0. The second-order valence-corrected chi connectivity index (χ2v) is 6.68. The number of ether oxygens (including phenoxy) is 3. The Kier molecular flexibility index (Phi) is 4.80. The van der Waals surface area contributed by atoms with Gasteiger partial charge in [-0.25, -0.2) is 0 Å². The van der Waals surface area contributed by atoms with E-state index in [9.17, 15) is 5.11 Å². The molecule has 1 aliphatic heterocycles. The van der Waals surface area contributed by atoms with E-state index in [-0.39, 0.29) is 5.92 Å². The van der Waals surface area contributed by atoms with Crippen molar-refractivity contribution in [1.82, 2.24) is 5.32 Å². The van der Waals surface area contributed by atoms with Gasteiger partial charge < -0.3 is 24.6 Å². The number of aliphatic hydroxyl groups is 1. The molecule has 0 spiro atoms. The minimum absolute atomic E-state index is 0.0710. The van der Waals surface area contributed by atoms with Gasteiger partial charge in [0.2, 0.25) is 0 Å². The molecule has 128 valence electrons. The molecule has 1 heterocycles. The van der Waals surface area contributed by atoms with Gasteiger partial charge in [0.15, 0.2) is 11.5 Å². The van der Waals surface area contributed by atoms with Crippen LogP contribution in [0.5, 0.6) is 11.5 Å². The number of aliphatic hydroxyl groups excluding tert-OH is 1. The number of rotatable bonds is 7. The Hall–Kier alpha value is -1.30. The van der Waals surface area contributed by atoms with Gasteiger partial charge in [0.05, 0.1) is 19.8 Å². The standard InChI is InChI=1S/C18H27NO4/c1-12(20)18(22-3)11-19-9-15(18)14-6-7-16(21-2)17(8-14)23-10-13-4-5-13/h6-8,12-13,15,19-20H,4-5,9-11H2,1-3H3/t12-,15-,18+/m1/s1. The molecule has 0 amide bonds. The highest BCUT2D eigenvalue weighted by atomic mass is 16.5. The van der Waals surface area contributed by atoms with E-state index < -0.39 is 11.7 Å². The minimum atomic E-state index is -0.609. The van der Waals surface area contributed by atoms with Gasteiger partial charge in [-0.3, -0.25) is 0 Å². The fourth-order valence-electron chi connectivity index (χ4n) is 3.45. The zero-order valence-electron chi connectivity index (χ0n) is 14.2. The molecule has 1 saturated heterocycles. The summed E-state index contributed by atoms with van der Waals surface area (Å²) in [5, 5.41) is 13.6. The molecule has 3 atom stereocenters. The predicted molar refractivity (Wildman–Crippen MR) is 88.2 cm³/mol. The average molecular weight is 321 g/mol. The summed E-state index contributed by atoms with van der Waals surface area (Å²) in [6, 6.07) is 6.02. The summed E-state index contributed by atoms with van der Waals surface area (Å²) in [6.45, 7) is 3.94. The third-order valence-corrected chi connectivity index (χ3v) is 5.19. The molecule has 1 aromatic carbocycles. The number of benzene rings is 1. The van der Waals surface area contributed by atoms with Crippen LogP contribution in [0.15, 0.2) is 18.2 Å². The maximum atomic E-state index is 10.3. The Morgan fingerprint density at radius 3 is 2.70 bits per heavy atom. The lowest BCUT2D eigenvalue weighted by Gasteiger charge is -2.36. The molecular formula is C18H27NO4. The van der Waals surface area contributed by atoms with Crippen LogP contribution in [-0.4, -0.2) is 50.7 Å². The normalized spacial score (nSPS) is 28.6. The summed E-state index contributed by atoms with van der Waals surface area (Å²) in [7, 11) is 3.33. The summed E-state index contributed by atoms with van der Waals surface area (Å²) < 4.78 is 17.1. The first-order chi connectivity index (χ1) is 11.1. The van der Waals surface area contributed by atoms with Crippen LogP contribution < -0.4 is 14.8 Å². The maximum Gasteiger partial charge on any atom is 0.161 e. The van der Waals surface area contributed by atoms with E-state index in [1.165, 1.54) is 12.8 Å². The fourth-order valence-corrected chi connectivity index (χ4v) is 3.45. The van der Waals surface area contributed by atoms with Gasteiger partial charge in [-0.15, -0.1) is 0 Å². The molecule has 0 radical (unpaired) electrons. The molecular weight excluding hydrogens is 294 g/mol. The van der Waals surface area contributed by atoms with Crippen LogP contribution in [0.3, 0.4) is 0 Å². The summed E-state index contributed by atoms with van der Waals surface area (Å²) in [5.74, 6) is 2.29. The molecule has 1 aliphatic carbocycles. The number of methoxy groups -OCH3 is 2. The Bertz CT molecular complexity index is 544. The quantitative estimate of drug-likeness (QED) is 0.804. The van der Waals surface area contributed by atoms with E-state index in [1.807, 2.05) is 18.2 Å². The smallest absolute Gasteiger partial charge is 0.161 e. The number of hydrogen-bond donors (Lipinski definition) is 2. The van der Waals surface area contributed by atoms with Gasteiger partial charge in [-0.05, 0) is 43.4 Å². The van der Waals surface area contributed by atoms with Crippen LogP contribution in [0.1, 0.15) is 31.2 Å². The van der Waals surface area contributed by atoms with Crippen LogP contribution >= 0.6 is 0 Å². The first kappa shape index (κ1) is 16.6. The molecule has 2 fully saturated rings. The van der Waals surface area contributed by atoms with Crippen molar-refractivity contribution in [1.29, 1.82) is 0 Å². The Labute approximate surface area is 137 Å². The molecule has 5 nitrogen and oxygen atoms in total. The lowest BCUT2D eigenvalue weighted by molar-refractivity contribution is -0.0914. The van der Waals surface area contributed by atoms with Crippen molar-refractivity contribution in [2.24, 2.45) is 5.92 Å². The van der Waals surface area contributed by atoms with Gasteiger partial charge >= 0.3 is 0 Å². The summed E-state index contributed by atoms with van der Waals surface area (Å²) in [5.41, 5.74) is 0.492. The van der Waals surface area contributed by atoms with E-state index >= 15 is 0 Å². The van der Waals surface area contributed by atoms with Gasteiger partial charge in [0, 0.05) is 26.1 Å². The van der Waals surface area contributed by atoms with E-state index in [0.717, 1.165) is 30.2 Å². The molecule has 0 bridgehead atoms. The molecule has 1 saturated carbocycles. The minimum Gasteiger partial charge on any atom is -0.493 e. The second-order valence-electron chi connectivity index (χ2n) is 6.68. The van der Waals surface area contributed by atoms with E-state index in [1.54, 1.807) is 21.1 Å². The van der Waals surface area contributed by atoms with E-state index in [2.05, 4.69) is 5.32 Å². The predicted octanol–water partition coefficient (Wildman–Crippen LogP) is 1.94. The molecule has 2 aliphatic rings. The van der Waals surface area contributed by atoms with Crippen molar-refractivity contribution in [3.8, 4) is 11.5 Å². The van der Waals surface area contributed by atoms with Crippen molar-refractivity contribution in [3.63, 3.8) is 0 Å². The van der Waals surface area contributed by atoms with Crippen LogP contribution in [0.4, 0.5) is 0 Å². The van der Waals surface area contributed by atoms with Crippen LogP contribution in [-0.2, 0) is 4.74 Å². The highest BCUT2D eigenvalue weighted by Crippen LogP contribution is 2.41. The lowest BCUT2D eigenvalue weighted by Crippen LogP contribution is -2.48. The second kappa shape index (κ2) is 6.67. The molecule has 2 N–H and O–H groups in total. The molecule has 3 rings (SSSR count). The first-order valence-electron chi connectivity index (χ1n) is 8.35. The van der Waals surface area contributed by atoms with Crippen LogP contribution in [0.25, 0.3) is 0 Å². The van der Waals surface area contributed by atoms with Crippen molar-refractivity contribution >= 4 is 0 Å². The van der Waals surface area contributed by atoms with Crippen molar-refractivity contribution in [2.75, 3.05) is 33.9 Å². The summed E-state index contributed by atoms with van der Waals surface area (Å²) in [6.07, 6.45) is 1.94. The SMILES string of the molecule is COc1ccc([C@H]2CNC[C@]2(OC)[C@@H](C)O)cc1OCC1CC1. The third-order valence-electron chi connectivity index (χ3n) is 5.19. The zero-order valence-corrected chi connectivity index (χ0v) is 14.2. The largest absolute Gasteiger partial charge is 0.493 e. The monoisotopic (exact) mass is 321 g/mol. The van der Waals surface area contributed by atoms with Gasteiger partial charge in [-0.2, -0.15) is 0 Å². The third kappa shape index (κ3) is 3.18. The molecule has 23 heavy (non-hydrogen) atoms. The van der Waals surface area contributed by atoms with Crippen molar-refractivity contribution < 1.29 is 19.3 Å². The topological polar surface area (TPSA) is 60.0 Å². The Morgan fingerprint density at radius 1 is 1.30 bits per heavy atom. The molecule has 0 aromatic heterocycles. The zero-order chi connectivity index (χ0) is 16.4. The van der Waals surface area contributed by atoms with E-state index in [4.69, 9.17) is 14.2 Å². The van der Waals surface area contributed by atoms with Gasteiger partial charge in [0.1, 0.15) is 5.60 Å². The Balaban J connectivity index is 1.87. The Morgan fingerprint density at radius 2 is 2.09 bits per heavy atom. The van der Waals surface area contributed by atoms with Crippen LogP contribution in [0, 0.1) is 5.92 Å². The molecule has 0 unspecified atom stereocenters. The van der Waals surface area contributed by atoms with Crippen LogP contribution in [0.2, 0.25) is 0 Å². The van der Waals surface area contributed by atoms with Crippen molar-refractivity contribution in [3.05, 3.63) is 23.8 Å². The number of hydrogen-bond acceptors (Lipinski definition) is 5. The molecule has 1 aromatic rings. The van der Waals surface area contributed by atoms with E-state index in [0.29, 0.717) is 12.5 Å². The number of nitrogens with one attached hydrogen (secondary N) is 1. The fraction of sp³-hybridized carbons (Fsp3) is 0.667.